The molecule has 0 aliphatic carbocycles. The molecule has 0 radical (unpaired) electrons. The van der Waals surface area contributed by atoms with Crippen molar-refractivity contribution >= 4 is 5.91 Å². The molecule has 0 saturated carbocycles. The predicted octanol–water partition coefficient (Wildman–Crippen LogP) is 1.50. The van der Waals surface area contributed by atoms with E-state index in [-0.39, 0.29) is 12.5 Å². The van der Waals surface area contributed by atoms with E-state index >= 15 is 0 Å². The zero-order valence-electron chi connectivity index (χ0n) is 12.0. The topological polar surface area (TPSA) is 63.2 Å². The zero-order chi connectivity index (χ0) is 14.9. The van der Waals surface area contributed by atoms with Gasteiger partial charge in [0.25, 0.3) is 0 Å². The number of aromatic nitrogens is 1. The maximum Gasteiger partial charge on any atom is 0.234 e. The number of ether oxygens (including phenoxy) is 1. The molecular weight excluding hydrogens is 266 g/mol. The summed E-state index contributed by atoms with van der Waals surface area (Å²) in [6.45, 7) is 1.42. The molecule has 1 aromatic carbocycles. The SMILES string of the molecule is COc1ccc(CNCC(=O)NCc2cccnc2)cc1. The number of nitrogens with one attached hydrogen (secondary N) is 2. The van der Waals surface area contributed by atoms with Crippen molar-refractivity contribution in [1.29, 1.82) is 0 Å². The summed E-state index contributed by atoms with van der Waals surface area (Å²) < 4.78 is 5.10. The second-order valence-corrected chi connectivity index (χ2v) is 4.59. The summed E-state index contributed by atoms with van der Waals surface area (Å²) in [7, 11) is 1.64. The molecule has 0 aliphatic rings. The Morgan fingerprint density at radius 2 is 1.95 bits per heavy atom. The summed E-state index contributed by atoms with van der Waals surface area (Å²) in [5, 5.41) is 5.95. The van der Waals surface area contributed by atoms with Crippen molar-refractivity contribution in [1.82, 2.24) is 15.6 Å². The highest BCUT2D eigenvalue weighted by Crippen LogP contribution is 2.10. The summed E-state index contributed by atoms with van der Waals surface area (Å²) >= 11 is 0. The number of benzene rings is 1. The van der Waals surface area contributed by atoms with E-state index in [1.807, 2.05) is 36.4 Å². The van der Waals surface area contributed by atoms with Crippen molar-refractivity contribution in [3.05, 3.63) is 59.9 Å². The van der Waals surface area contributed by atoms with Crippen LogP contribution in [0.3, 0.4) is 0 Å². The summed E-state index contributed by atoms with van der Waals surface area (Å²) in [5.74, 6) is 0.792. The monoisotopic (exact) mass is 285 g/mol. The van der Waals surface area contributed by atoms with Gasteiger partial charge in [0.2, 0.25) is 5.91 Å². The van der Waals surface area contributed by atoms with Crippen LogP contribution < -0.4 is 15.4 Å². The van der Waals surface area contributed by atoms with Gasteiger partial charge in [-0.15, -0.1) is 0 Å². The van der Waals surface area contributed by atoms with Gasteiger partial charge in [0.15, 0.2) is 0 Å². The lowest BCUT2D eigenvalue weighted by Gasteiger charge is -2.07. The average molecular weight is 285 g/mol. The maximum atomic E-state index is 11.7. The number of pyridine rings is 1. The molecule has 0 fully saturated rings. The molecule has 0 unspecified atom stereocenters. The first-order valence-electron chi connectivity index (χ1n) is 6.77. The van der Waals surface area contributed by atoms with Gasteiger partial charge in [-0.1, -0.05) is 18.2 Å². The standard InChI is InChI=1S/C16H19N3O2/c1-21-15-6-4-13(5-7-15)9-18-12-16(20)19-11-14-3-2-8-17-10-14/h2-8,10,18H,9,11-12H2,1H3,(H,19,20). The first kappa shape index (κ1) is 15.0. The molecule has 0 atom stereocenters. The van der Waals surface area contributed by atoms with Crippen LogP contribution in [0.2, 0.25) is 0 Å². The minimum Gasteiger partial charge on any atom is -0.497 e. The van der Waals surface area contributed by atoms with Crippen LogP contribution in [0.4, 0.5) is 0 Å². The summed E-state index contributed by atoms with van der Waals surface area (Å²) in [6, 6.07) is 11.5. The molecule has 0 saturated heterocycles. The minimum absolute atomic E-state index is 0.0348. The van der Waals surface area contributed by atoms with Crippen LogP contribution in [0.1, 0.15) is 11.1 Å². The number of rotatable bonds is 7. The quantitative estimate of drug-likeness (QED) is 0.809. The van der Waals surface area contributed by atoms with Gasteiger partial charge in [0, 0.05) is 25.5 Å². The van der Waals surface area contributed by atoms with E-state index in [0.717, 1.165) is 16.9 Å². The molecular formula is C16H19N3O2. The fourth-order valence-electron chi connectivity index (χ4n) is 1.83. The summed E-state index contributed by atoms with van der Waals surface area (Å²) in [4.78, 5) is 15.7. The van der Waals surface area contributed by atoms with Crippen molar-refractivity contribution in [2.75, 3.05) is 13.7 Å². The van der Waals surface area contributed by atoms with Crippen LogP contribution in [0.15, 0.2) is 48.8 Å². The third kappa shape index (κ3) is 5.24. The van der Waals surface area contributed by atoms with Gasteiger partial charge in [0.1, 0.15) is 5.75 Å². The van der Waals surface area contributed by atoms with Gasteiger partial charge in [0.05, 0.1) is 13.7 Å². The number of nitrogens with zero attached hydrogens (tertiary/aromatic N) is 1. The van der Waals surface area contributed by atoms with E-state index in [9.17, 15) is 4.79 Å². The van der Waals surface area contributed by atoms with E-state index in [4.69, 9.17) is 4.74 Å². The molecule has 1 amide bonds. The number of hydrogen-bond donors (Lipinski definition) is 2. The largest absolute Gasteiger partial charge is 0.497 e. The van der Waals surface area contributed by atoms with Crippen LogP contribution in [-0.2, 0) is 17.9 Å². The van der Waals surface area contributed by atoms with Gasteiger partial charge in [-0.2, -0.15) is 0 Å². The van der Waals surface area contributed by atoms with E-state index in [0.29, 0.717) is 13.1 Å². The summed E-state index contributed by atoms with van der Waals surface area (Å²) in [5.41, 5.74) is 2.09. The molecule has 0 aliphatic heterocycles. The van der Waals surface area contributed by atoms with Crippen LogP contribution >= 0.6 is 0 Å². The van der Waals surface area contributed by atoms with Crippen molar-refractivity contribution in [2.45, 2.75) is 13.1 Å². The number of methoxy groups -OCH3 is 1. The molecule has 2 rings (SSSR count). The average Bonchev–Trinajstić information content (AvgIpc) is 2.54. The first-order chi connectivity index (χ1) is 10.3. The number of hydrogen-bond acceptors (Lipinski definition) is 4. The Kier molecular flexibility index (Phi) is 5.72. The normalized spacial score (nSPS) is 10.1. The Bertz CT molecular complexity index is 555. The van der Waals surface area contributed by atoms with Gasteiger partial charge in [-0.3, -0.25) is 9.78 Å². The molecule has 21 heavy (non-hydrogen) atoms. The second kappa shape index (κ2) is 8.01. The third-order valence-electron chi connectivity index (χ3n) is 2.99. The molecule has 5 nitrogen and oxygen atoms in total. The lowest BCUT2D eigenvalue weighted by atomic mass is 10.2. The number of amides is 1. The molecule has 1 aromatic heterocycles. The molecule has 2 aromatic rings. The molecule has 0 bridgehead atoms. The Balaban J connectivity index is 1.66. The van der Waals surface area contributed by atoms with Crippen molar-refractivity contribution in [2.24, 2.45) is 0 Å². The van der Waals surface area contributed by atoms with Crippen LogP contribution in [0.25, 0.3) is 0 Å². The fourth-order valence-corrected chi connectivity index (χ4v) is 1.83. The first-order valence-corrected chi connectivity index (χ1v) is 6.77. The van der Waals surface area contributed by atoms with Crippen molar-refractivity contribution < 1.29 is 9.53 Å². The maximum absolute atomic E-state index is 11.7. The third-order valence-corrected chi connectivity index (χ3v) is 2.99. The van der Waals surface area contributed by atoms with E-state index < -0.39 is 0 Å². The van der Waals surface area contributed by atoms with E-state index in [1.54, 1.807) is 19.5 Å². The summed E-state index contributed by atoms with van der Waals surface area (Å²) in [6.07, 6.45) is 3.45. The minimum atomic E-state index is -0.0348. The molecule has 110 valence electrons. The highest BCUT2D eigenvalue weighted by Gasteiger charge is 2.01. The molecule has 0 spiro atoms. The zero-order valence-corrected chi connectivity index (χ0v) is 12.0. The van der Waals surface area contributed by atoms with Gasteiger partial charge in [-0.05, 0) is 29.3 Å². The van der Waals surface area contributed by atoms with Crippen molar-refractivity contribution in [3.8, 4) is 5.75 Å². The Morgan fingerprint density at radius 1 is 1.14 bits per heavy atom. The number of carbonyl (C=O) groups excluding carboxylic acids is 1. The predicted molar refractivity (Wildman–Crippen MR) is 80.8 cm³/mol. The smallest absolute Gasteiger partial charge is 0.234 e. The van der Waals surface area contributed by atoms with Crippen LogP contribution in [0, 0.1) is 0 Å². The van der Waals surface area contributed by atoms with Gasteiger partial charge >= 0.3 is 0 Å². The Labute approximate surface area is 124 Å². The van der Waals surface area contributed by atoms with Crippen LogP contribution in [0.5, 0.6) is 5.75 Å². The van der Waals surface area contributed by atoms with Crippen LogP contribution in [-0.4, -0.2) is 24.5 Å². The van der Waals surface area contributed by atoms with E-state index in [2.05, 4.69) is 15.6 Å². The highest BCUT2D eigenvalue weighted by atomic mass is 16.5. The second-order valence-electron chi connectivity index (χ2n) is 4.59. The number of carbonyl (C=O) groups is 1. The van der Waals surface area contributed by atoms with Crippen molar-refractivity contribution in [3.63, 3.8) is 0 Å². The van der Waals surface area contributed by atoms with E-state index in [1.165, 1.54) is 0 Å². The van der Waals surface area contributed by atoms with Gasteiger partial charge < -0.3 is 15.4 Å². The molecule has 1 heterocycles. The Hall–Kier alpha value is -2.40. The lowest BCUT2D eigenvalue weighted by molar-refractivity contribution is -0.120. The Morgan fingerprint density at radius 3 is 2.62 bits per heavy atom. The highest BCUT2D eigenvalue weighted by molar-refractivity contribution is 5.77. The van der Waals surface area contributed by atoms with Gasteiger partial charge in [-0.25, -0.2) is 0 Å². The molecule has 2 N–H and O–H groups in total. The fraction of sp³-hybridized carbons (Fsp3) is 0.250. The lowest BCUT2D eigenvalue weighted by Crippen LogP contribution is -2.33. The molecule has 5 heteroatoms.